The first-order valence-corrected chi connectivity index (χ1v) is 10.1. The fraction of sp³-hybridized carbons (Fsp3) is 0.500. The van der Waals surface area contributed by atoms with Crippen LogP contribution in [0.15, 0.2) is 17.1 Å². The molecule has 2 fully saturated rings. The van der Waals surface area contributed by atoms with Gasteiger partial charge in [0.25, 0.3) is 17.4 Å². The highest BCUT2D eigenvalue weighted by molar-refractivity contribution is 5.97. The Morgan fingerprint density at radius 2 is 2.03 bits per heavy atom. The van der Waals surface area contributed by atoms with Gasteiger partial charge in [0.05, 0.1) is 19.3 Å². The first-order valence-electron chi connectivity index (χ1n) is 10.1. The smallest absolute Gasteiger partial charge is 0.291 e. The second-order valence-corrected chi connectivity index (χ2v) is 8.47. The number of aromatic hydroxyl groups is 1. The van der Waals surface area contributed by atoms with Crippen LogP contribution in [0.25, 0.3) is 11.7 Å². The molecule has 9 nitrogen and oxygen atoms in total. The number of aromatic nitrogens is 3. The minimum Gasteiger partial charge on any atom is -0.494 e. The Hall–Kier alpha value is -3.24. The lowest BCUT2D eigenvalue weighted by Crippen LogP contribution is -2.57. The average Bonchev–Trinajstić information content (AvgIpc) is 3.36. The molecule has 1 aliphatic carbocycles. The van der Waals surface area contributed by atoms with Crippen molar-refractivity contribution in [2.24, 2.45) is 5.92 Å². The fourth-order valence-corrected chi connectivity index (χ4v) is 3.48. The average molecular weight is 435 g/mol. The second kappa shape index (κ2) is 7.47. The molecule has 4 rings (SSSR count). The fourth-order valence-electron chi connectivity index (χ4n) is 3.48. The van der Waals surface area contributed by atoms with Crippen LogP contribution in [0.3, 0.4) is 0 Å². The molecule has 0 unspecified atom stereocenters. The van der Waals surface area contributed by atoms with Crippen LogP contribution in [0, 0.1) is 5.92 Å². The number of alkyl halides is 2. The third kappa shape index (κ3) is 4.04. The zero-order valence-corrected chi connectivity index (χ0v) is 17.1. The van der Waals surface area contributed by atoms with Gasteiger partial charge in [-0.15, -0.1) is 0 Å². The number of likely N-dealkylation sites (tertiary alicyclic amines) is 1. The molecule has 0 atom stereocenters. The predicted octanol–water partition coefficient (Wildman–Crippen LogP) is 1.24. The normalized spacial score (nSPS) is 18.0. The van der Waals surface area contributed by atoms with E-state index in [1.807, 2.05) is 13.8 Å². The summed E-state index contributed by atoms with van der Waals surface area (Å²) in [6.07, 6.45) is 5.46. The van der Waals surface area contributed by atoms with Crippen LogP contribution in [0.5, 0.6) is 5.88 Å². The van der Waals surface area contributed by atoms with Crippen molar-refractivity contribution in [1.29, 1.82) is 0 Å². The Morgan fingerprint density at radius 3 is 2.61 bits per heavy atom. The topological polar surface area (TPSA) is 109 Å². The number of halogens is 2. The molecule has 2 aromatic heterocycles. The van der Waals surface area contributed by atoms with E-state index in [4.69, 9.17) is 0 Å². The van der Waals surface area contributed by atoms with Crippen molar-refractivity contribution in [2.45, 2.75) is 45.2 Å². The number of nitrogens with one attached hydrogen (secondary N) is 1. The van der Waals surface area contributed by atoms with Gasteiger partial charge in [-0.25, -0.2) is 8.78 Å². The highest BCUT2D eigenvalue weighted by Gasteiger charge is 2.45. The molecule has 166 valence electrons. The van der Waals surface area contributed by atoms with E-state index in [0.717, 1.165) is 28.3 Å². The van der Waals surface area contributed by atoms with E-state index in [1.54, 1.807) is 0 Å². The molecular formula is C20H23F2N5O4. The highest BCUT2D eigenvalue weighted by atomic mass is 19.3. The lowest BCUT2D eigenvalue weighted by molar-refractivity contribution is -0.160. The minimum absolute atomic E-state index is 0.00319. The van der Waals surface area contributed by atoms with Crippen molar-refractivity contribution >= 4 is 23.5 Å². The van der Waals surface area contributed by atoms with Gasteiger partial charge in [-0.1, -0.05) is 13.8 Å². The summed E-state index contributed by atoms with van der Waals surface area (Å²) in [7, 11) is 0. The van der Waals surface area contributed by atoms with Crippen molar-refractivity contribution in [1.82, 2.24) is 24.4 Å². The molecule has 2 aromatic rings. The number of carbonyl (C=O) groups is 2. The molecule has 11 heteroatoms. The summed E-state index contributed by atoms with van der Waals surface area (Å²) < 4.78 is 28.4. The number of rotatable bonds is 6. The van der Waals surface area contributed by atoms with Crippen LogP contribution in [-0.2, 0) is 11.3 Å². The van der Waals surface area contributed by atoms with E-state index in [0.29, 0.717) is 5.56 Å². The van der Waals surface area contributed by atoms with E-state index in [2.05, 4.69) is 10.4 Å². The summed E-state index contributed by atoms with van der Waals surface area (Å²) in [5.74, 6) is -4.55. The maximum Gasteiger partial charge on any atom is 0.291 e. The van der Waals surface area contributed by atoms with Gasteiger partial charge in [0, 0.05) is 24.2 Å². The zero-order valence-electron chi connectivity index (χ0n) is 17.1. The molecule has 3 heterocycles. The maximum atomic E-state index is 13.0. The number of carbonyl (C=O) groups excluding carboxylic acids is 2. The van der Waals surface area contributed by atoms with E-state index < -0.39 is 47.8 Å². The van der Waals surface area contributed by atoms with Crippen LogP contribution in [-0.4, -0.2) is 61.1 Å². The summed E-state index contributed by atoms with van der Waals surface area (Å²) in [5, 5.41) is 17.6. The summed E-state index contributed by atoms with van der Waals surface area (Å²) in [6, 6.07) is -0.00319. The minimum atomic E-state index is -2.87. The Labute approximate surface area is 175 Å². The molecule has 0 radical (unpaired) electrons. The van der Waals surface area contributed by atoms with Crippen LogP contribution in [0.2, 0.25) is 0 Å². The van der Waals surface area contributed by atoms with Crippen molar-refractivity contribution in [3.05, 3.63) is 33.8 Å². The third-order valence-electron chi connectivity index (χ3n) is 5.16. The molecule has 2 amide bonds. The van der Waals surface area contributed by atoms with Gasteiger partial charge in [-0.3, -0.25) is 19.0 Å². The summed E-state index contributed by atoms with van der Waals surface area (Å²) in [6.45, 7) is 2.81. The summed E-state index contributed by atoms with van der Waals surface area (Å²) in [5.41, 5.74) is -0.628. The molecule has 0 spiro atoms. The van der Waals surface area contributed by atoms with Gasteiger partial charge in [0.15, 0.2) is 5.56 Å². The number of hydrogen-bond donors (Lipinski definition) is 2. The lowest BCUT2D eigenvalue weighted by Gasteiger charge is -2.37. The summed E-state index contributed by atoms with van der Waals surface area (Å²) >= 11 is 0. The number of nitrogens with zero attached hydrogens (tertiary/aromatic N) is 4. The summed E-state index contributed by atoms with van der Waals surface area (Å²) in [4.78, 5) is 38.6. The SMILES string of the molecule is CC(C)Cn1c(O)c(C(=O)NC2CC2)c(=O)n2ncc(C=CC(=O)N3CC(F)(F)C3)c12. The van der Waals surface area contributed by atoms with Crippen molar-refractivity contribution < 1.29 is 23.5 Å². The van der Waals surface area contributed by atoms with Gasteiger partial charge in [-0.05, 0) is 24.8 Å². The molecule has 0 bridgehead atoms. The van der Waals surface area contributed by atoms with E-state index in [1.165, 1.54) is 16.8 Å². The molecule has 1 aliphatic heterocycles. The van der Waals surface area contributed by atoms with Gasteiger partial charge >= 0.3 is 0 Å². The number of fused-ring (bicyclic) bond motifs is 1. The van der Waals surface area contributed by atoms with E-state index in [9.17, 15) is 28.3 Å². The number of amides is 2. The molecule has 1 saturated heterocycles. The third-order valence-corrected chi connectivity index (χ3v) is 5.16. The second-order valence-electron chi connectivity index (χ2n) is 8.47. The monoisotopic (exact) mass is 435 g/mol. The Morgan fingerprint density at radius 1 is 1.35 bits per heavy atom. The van der Waals surface area contributed by atoms with Crippen LogP contribution in [0.1, 0.15) is 42.6 Å². The van der Waals surface area contributed by atoms with Gasteiger partial charge in [0.2, 0.25) is 11.8 Å². The van der Waals surface area contributed by atoms with Crippen LogP contribution >= 0.6 is 0 Å². The standard InChI is InChI=1S/C20H23F2N5O4/c1-11(2)8-26-17-12(3-6-14(28)25-9-20(21,22)10-25)7-23-27(17)19(31)15(18(26)30)16(29)24-13-4-5-13/h3,6-7,11,13,30H,4-5,8-10H2,1-2H3,(H,24,29). The molecule has 1 saturated carbocycles. The van der Waals surface area contributed by atoms with E-state index >= 15 is 0 Å². The zero-order chi connectivity index (χ0) is 22.5. The van der Waals surface area contributed by atoms with Gasteiger partial charge in [-0.2, -0.15) is 9.61 Å². The van der Waals surface area contributed by atoms with Gasteiger partial charge in [0.1, 0.15) is 5.65 Å². The largest absolute Gasteiger partial charge is 0.494 e. The number of hydrogen-bond acceptors (Lipinski definition) is 5. The Kier molecular flexibility index (Phi) is 5.06. The van der Waals surface area contributed by atoms with Crippen LogP contribution < -0.4 is 10.9 Å². The molecule has 2 N–H and O–H groups in total. The van der Waals surface area contributed by atoms with Gasteiger partial charge < -0.3 is 15.3 Å². The molecule has 2 aliphatic rings. The van der Waals surface area contributed by atoms with E-state index in [-0.39, 0.29) is 24.2 Å². The quantitative estimate of drug-likeness (QED) is 0.664. The predicted molar refractivity (Wildman–Crippen MR) is 107 cm³/mol. The van der Waals surface area contributed by atoms with Crippen molar-refractivity contribution in [2.75, 3.05) is 13.1 Å². The Balaban J connectivity index is 1.74. The molecular weight excluding hydrogens is 412 g/mol. The van der Waals surface area contributed by atoms with Crippen molar-refractivity contribution in [3.8, 4) is 5.88 Å². The molecule has 0 aromatic carbocycles. The maximum absolute atomic E-state index is 13.0. The first-order chi connectivity index (χ1) is 14.6. The van der Waals surface area contributed by atoms with Crippen LogP contribution in [0.4, 0.5) is 8.78 Å². The first kappa shape index (κ1) is 21.0. The lowest BCUT2D eigenvalue weighted by atomic mass is 10.1. The Bertz CT molecular complexity index is 1140. The molecule has 31 heavy (non-hydrogen) atoms. The van der Waals surface area contributed by atoms with Crippen molar-refractivity contribution in [3.63, 3.8) is 0 Å². The highest BCUT2D eigenvalue weighted by Crippen LogP contribution is 2.27.